The van der Waals surface area contributed by atoms with Gasteiger partial charge in [0.2, 0.25) is 18.3 Å². The van der Waals surface area contributed by atoms with E-state index in [9.17, 15) is 40.9 Å². The normalized spacial score (nSPS) is 40.5. The van der Waals surface area contributed by atoms with Crippen LogP contribution in [0.3, 0.4) is 0 Å². The van der Waals surface area contributed by atoms with Crippen LogP contribution < -0.4 is 15.2 Å². The average molecular weight is 528 g/mol. The SMILES string of the molecule is C[C@@]1(O)[C@@H](Oc2ccc3ccc(O[C@H]4O[C@H](CO)[C@@H](O)[C@H](O)[C@]4(N)O)cc3c2)O[C@H](CCO)[C@@H](O)[C@@H]1O. The van der Waals surface area contributed by atoms with Crippen LogP contribution in [0.5, 0.6) is 11.5 Å². The number of hydrogen-bond donors (Lipinski definition) is 9. The van der Waals surface area contributed by atoms with E-state index >= 15 is 0 Å². The number of hydrogen-bond acceptors (Lipinski definition) is 13. The summed E-state index contributed by atoms with van der Waals surface area (Å²) in [6, 6.07) is 9.70. The minimum Gasteiger partial charge on any atom is -0.462 e. The number of nitrogens with two attached hydrogens (primary N) is 1. The molecular formula is C24H33NO12. The van der Waals surface area contributed by atoms with Crippen molar-refractivity contribution < 1.29 is 59.8 Å². The molecule has 0 unspecified atom stereocenters. The van der Waals surface area contributed by atoms with Gasteiger partial charge in [-0.05, 0) is 48.4 Å². The van der Waals surface area contributed by atoms with Crippen molar-refractivity contribution in [3.63, 3.8) is 0 Å². The lowest BCUT2D eigenvalue weighted by Crippen LogP contribution is -2.72. The Bertz CT molecular complexity index is 1080. The molecule has 2 aromatic carbocycles. The first-order valence-electron chi connectivity index (χ1n) is 11.8. The lowest BCUT2D eigenvalue weighted by Gasteiger charge is -2.46. The van der Waals surface area contributed by atoms with Crippen molar-refractivity contribution in [1.29, 1.82) is 0 Å². The molecule has 206 valence electrons. The second kappa shape index (κ2) is 10.6. The molecule has 2 fully saturated rings. The molecule has 2 aromatic rings. The van der Waals surface area contributed by atoms with Gasteiger partial charge in [0.05, 0.1) is 12.7 Å². The van der Waals surface area contributed by atoms with Crippen LogP contribution in [-0.2, 0) is 9.47 Å². The number of aliphatic hydroxyl groups excluding tert-OH is 6. The summed E-state index contributed by atoms with van der Waals surface area (Å²) in [6.45, 7) is 0.307. The average Bonchev–Trinajstić information content (AvgIpc) is 2.86. The van der Waals surface area contributed by atoms with Crippen LogP contribution in [0, 0.1) is 0 Å². The molecule has 10 atom stereocenters. The molecule has 0 aromatic heterocycles. The Morgan fingerprint density at radius 2 is 1.35 bits per heavy atom. The van der Waals surface area contributed by atoms with Crippen LogP contribution in [0.2, 0.25) is 0 Å². The summed E-state index contributed by atoms with van der Waals surface area (Å²) >= 11 is 0. The molecule has 0 amide bonds. The van der Waals surface area contributed by atoms with Crippen LogP contribution in [0.4, 0.5) is 0 Å². The van der Waals surface area contributed by atoms with E-state index in [0.717, 1.165) is 5.39 Å². The fraction of sp³-hybridized carbons (Fsp3) is 0.583. The molecule has 37 heavy (non-hydrogen) atoms. The predicted octanol–water partition coefficient (Wildman–Crippen LogP) is -2.74. The molecule has 4 rings (SSSR count). The highest BCUT2D eigenvalue weighted by Crippen LogP contribution is 2.35. The minimum absolute atomic E-state index is 0.0200. The van der Waals surface area contributed by atoms with Gasteiger partial charge in [0.15, 0.2) is 5.60 Å². The third-order valence-electron chi connectivity index (χ3n) is 6.80. The third kappa shape index (κ3) is 5.26. The zero-order valence-electron chi connectivity index (χ0n) is 20.0. The third-order valence-corrected chi connectivity index (χ3v) is 6.80. The number of fused-ring (bicyclic) bond motifs is 1. The lowest BCUT2D eigenvalue weighted by molar-refractivity contribution is -0.319. The van der Waals surface area contributed by atoms with Crippen LogP contribution in [0.1, 0.15) is 13.3 Å². The quantitative estimate of drug-likeness (QED) is 0.167. The van der Waals surface area contributed by atoms with Gasteiger partial charge in [0, 0.05) is 6.61 Å². The highest BCUT2D eigenvalue weighted by Gasteiger charge is 2.54. The largest absolute Gasteiger partial charge is 0.462 e. The molecule has 13 nitrogen and oxygen atoms in total. The van der Waals surface area contributed by atoms with Crippen molar-refractivity contribution in [1.82, 2.24) is 0 Å². The molecule has 0 spiro atoms. The Morgan fingerprint density at radius 1 is 0.811 bits per heavy atom. The van der Waals surface area contributed by atoms with Crippen molar-refractivity contribution in [2.45, 2.75) is 73.9 Å². The molecule has 0 aliphatic carbocycles. The maximum atomic E-state index is 10.7. The van der Waals surface area contributed by atoms with E-state index in [1.54, 1.807) is 36.4 Å². The standard InChI is InChI=1S/C24H33NO12/c1-23(32)19(30)17(28)15(6-7-26)36-21(23)34-13-4-2-11-3-5-14(9-12(11)8-13)35-22-24(25,33)20(31)18(29)16(10-27)37-22/h2-5,8-9,15-22,26-33H,6-7,10,25H2,1H3/t15-,16-,17-,18-,19+,20+,21+,22+,23+,24+/m1/s1. The zero-order chi connectivity index (χ0) is 27.1. The van der Waals surface area contributed by atoms with Gasteiger partial charge < -0.3 is 59.8 Å². The smallest absolute Gasteiger partial charge is 0.245 e. The van der Waals surface area contributed by atoms with Gasteiger partial charge in [-0.1, -0.05) is 12.1 Å². The first-order valence-corrected chi connectivity index (χ1v) is 11.8. The van der Waals surface area contributed by atoms with Crippen molar-refractivity contribution in [3.05, 3.63) is 36.4 Å². The fourth-order valence-electron chi connectivity index (χ4n) is 4.41. The number of aliphatic hydroxyl groups is 8. The topological polar surface area (TPSA) is 225 Å². The number of rotatable bonds is 7. The molecule has 2 heterocycles. The summed E-state index contributed by atoms with van der Waals surface area (Å²) in [5.74, 6) is 0.408. The minimum atomic E-state index is -2.48. The highest BCUT2D eigenvalue weighted by atomic mass is 16.7. The van der Waals surface area contributed by atoms with Gasteiger partial charge in [-0.15, -0.1) is 0 Å². The van der Waals surface area contributed by atoms with Crippen molar-refractivity contribution in [2.24, 2.45) is 5.73 Å². The van der Waals surface area contributed by atoms with E-state index < -0.39 is 67.1 Å². The number of benzene rings is 2. The van der Waals surface area contributed by atoms with E-state index in [1.165, 1.54) is 6.92 Å². The van der Waals surface area contributed by atoms with Crippen molar-refractivity contribution in [2.75, 3.05) is 13.2 Å². The number of ether oxygens (including phenoxy) is 4. The Kier molecular flexibility index (Phi) is 7.95. The second-order valence-electron chi connectivity index (χ2n) is 9.60. The van der Waals surface area contributed by atoms with E-state index in [1.807, 2.05) is 0 Å². The van der Waals surface area contributed by atoms with E-state index in [0.29, 0.717) is 5.39 Å². The van der Waals surface area contributed by atoms with Gasteiger partial charge in [0.1, 0.15) is 42.0 Å². The van der Waals surface area contributed by atoms with Crippen LogP contribution in [-0.4, -0.2) is 115 Å². The first-order chi connectivity index (χ1) is 17.4. The summed E-state index contributed by atoms with van der Waals surface area (Å²) in [5.41, 5.74) is 1.29. The fourth-order valence-corrected chi connectivity index (χ4v) is 4.41. The van der Waals surface area contributed by atoms with E-state index in [-0.39, 0.29) is 24.5 Å². The molecular weight excluding hydrogens is 494 g/mol. The summed E-state index contributed by atoms with van der Waals surface area (Å²) in [4.78, 5) is 0. The van der Waals surface area contributed by atoms with Crippen molar-refractivity contribution >= 4 is 10.8 Å². The molecule has 0 bridgehead atoms. The molecule has 2 saturated heterocycles. The highest BCUT2D eigenvalue weighted by molar-refractivity contribution is 5.85. The zero-order valence-corrected chi connectivity index (χ0v) is 20.0. The van der Waals surface area contributed by atoms with Gasteiger partial charge >= 0.3 is 0 Å². The summed E-state index contributed by atoms with van der Waals surface area (Å²) in [5, 5.41) is 81.8. The molecule has 13 heteroatoms. The summed E-state index contributed by atoms with van der Waals surface area (Å²) in [7, 11) is 0. The lowest BCUT2D eigenvalue weighted by atomic mass is 9.87. The Labute approximate surface area is 211 Å². The predicted molar refractivity (Wildman–Crippen MR) is 125 cm³/mol. The molecule has 2 aliphatic rings. The maximum absolute atomic E-state index is 10.7. The van der Waals surface area contributed by atoms with E-state index in [2.05, 4.69) is 0 Å². The second-order valence-corrected chi connectivity index (χ2v) is 9.60. The van der Waals surface area contributed by atoms with Gasteiger partial charge in [-0.25, -0.2) is 0 Å². The monoisotopic (exact) mass is 527 g/mol. The summed E-state index contributed by atoms with van der Waals surface area (Å²) in [6.07, 6.45) is -11.7. The Balaban J connectivity index is 1.56. The van der Waals surface area contributed by atoms with Gasteiger partial charge in [-0.2, -0.15) is 0 Å². The maximum Gasteiger partial charge on any atom is 0.245 e. The Hall–Kier alpha value is -2.14. The molecule has 0 saturated carbocycles. The van der Waals surface area contributed by atoms with Crippen LogP contribution in [0.25, 0.3) is 10.8 Å². The summed E-state index contributed by atoms with van der Waals surface area (Å²) < 4.78 is 22.5. The van der Waals surface area contributed by atoms with Crippen LogP contribution >= 0.6 is 0 Å². The van der Waals surface area contributed by atoms with Gasteiger partial charge in [0.25, 0.3) is 0 Å². The van der Waals surface area contributed by atoms with Crippen LogP contribution in [0.15, 0.2) is 36.4 Å². The van der Waals surface area contributed by atoms with Crippen molar-refractivity contribution in [3.8, 4) is 11.5 Å². The van der Waals surface area contributed by atoms with Gasteiger partial charge in [-0.3, -0.25) is 5.73 Å². The van der Waals surface area contributed by atoms with E-state index in [4.69, 9.17) is 24.7 Å². The first kappa shape index (κ1) is 27.9. The molecule has 2 aliphatic heterocycles. The molecule has 0 radical (unpaired) electrons. The Morgan fingerprint density at radius 3 is 1.92 bits per heavy atom. The molecule has 10 N–H and O–H groups in total.